The van der Waals surface area contributed by atoms with Gasteiger partial charge in [0.25, 0.3) is 5.91 Å². The van der Waals surface area contributed by atoms with Crippen LogP contribution in [0.1, 0.15) is 38.0 Å². The fourth-order valence-corrected chi connectivity index (χ4v) is 2.45. The van der Waals surface area contributed by atoms with Crippen molar-refractivity contribution in [2.45, 2.75) is 39.0 Å². The highest BCUT2D eigenvalue weighted by Crippen LogP contribution is 2.13. The van der Waals surface area contributed by atoms with Crippen molar-refractivity contribution in [3.8, 4) is 5.75 Å². The SMILES string of the molecule is CC(C)(C)NC(=O)COc1ccc(CNC[C@@H](O)c2ccccc2)cc1. The topological polar surface area (TPSA) is 70.6 Å². The van der Waals surface area contributed by atoms with Gasteiger partial charge in [-0.1, -0.05) is 42.5 Å². The average Bonchev–Trinajstić information content (AvgIpc) is 2.60. The molecule has 0 aliphatic heterocycles. The molecule has 0 heterocycles. The van der Waals surface area contributed by atoms with Gasteiger partial charge in [-0.15, -0.1) is 0 Å². The monoisotopic (exact) mass is 356 g/mol. The Balaban J connectivity index is 1.73. The van der Waals surface area contributed by atoms with E-state index >= 15 is 0 Å². The summed E-state index contributed by atoms with van der Waals surface area (Å²) in [5.74, 6) is 0.514. The van der Waals surface area contributed by atoms with E-state index in [2.05, 4.69) is 10.6 Å². The smallest absolute Gasteiger partial charge is 0.258 e. The van der Waals surface area contributed by atoms with E-state index in [-0.39, 0.29) is 18.1 Å². The third-order valence-corrected chi connectivity index (χ3v) is 3.66. The number of carbonyl (C=O) groups excluding carboxylic acids is 1. The lowest BCUT2D eigenvalue weighted by Gasteiger charge is -2.20. The second kappa shape index (κ2) is 9.36. The summed E-state index contributed by atoms with van der Waals surface area (Å²) in [7, 11) is 0. The number of benzene rings is 2. The van der Waals surface area contributed by atoms with Crippen LogP contribution in [-0.2, 0) is 11.3 Å². The van der Waals surface area contributed by atoms with E-state index < -0.39 is 6.10 Å². The number of aliphatic hydroxyl groups is 1. The fraction of sp³-hybridized carbons (Fsp3) is 0.381. The maximum Gasteiger partial charge on any atom is 0.258 e. The Morgan fingerprint density at radius 2 is 1.73 bits per heavy atom. The lowest BCUT2D eigenvalue weighted by Crippen LogP contribution is -2.43. The summed E-state index contributed by atoms with van der Waals surface area (Å²) in [6.07, 6.45) is -0.528. The zero-order valence-electron chi connectivity index (χ0n) is 15.7. The largest absolute Gasteiger partial charge is 0.484 e. The molecule has 140 valence electrons. The molecule has 0 fully saturated rings. The molecule has 3 N–H and O–H groups in total. The van der Waals surface area contributed by atoms with Gasteiger partial charge in [-0.3, -0.25) is 4.79 Å². The van der Waals surface area contributed by atoms with Crippen molar-refractivity contribution in [3.05, 3.63) is 65.7 Å². The number of nitrogens with one attached hydrogen (secondary N) is 2. The van der Waals surface area contributed by atoms with Gasteiger partial charge in [0.2, 0.25) is 0 Å². The molecule has 5 nitrogen and oxygen atoms in total. The minimum atomic E-state index is -0.528. The van der Waals surface area contributed by atoms with Gasteiger partial charge in [0.15, 0.2) is 6.61 Å². The summed E-state index contributed by atoms with van der Waals surface area (Å²) in [6, 6.07) is 17.2. The van der Waals surface area contributed by atoms with Crippen LogP contribution < -0.4 is 15.4 Å². The molecule has 0 aromatic heterocycles. The molecule has 1 amide bonds. The summed E-state index contributed by atoms with van der Waals surface area (Å²) >= 11 is 0. The van der Waals surface area contributed by atoms with Crippen molar-refractivity contribution in [1.82, 2.24) is 10.6 Å². The third kappa shape index (κ3) is 7.25. The number of hydrogen-bond acceptors (Lipinski definition) is 4. The molecular weight excluding hydrogens is 328 g/mol. The van der Waals surface area contributed by atoms with Crippen LogP contribution in [-0.4, -0.2) is 29.7 Å². The van der Waals surface area contributed by atoms with Gasteiger partial charge in [-0.2, -0.15) is 0 Å². The first-order chi connectivity index (χ1) is 12.3. The Kier molecular flexibility index (Phi) is 7.18. The zero-order valence-corrected chi connectivity index (χ0v) is 15.7. The predicted molar refractivity (Wildman–Crippen MR) is 103 cm³/mol. The first-order valence-electron chi connectivity index (χ1n) is 8.80. The molecule has 0 aliphatic rings. The molecule has 0 spiro atoms. The van der Waals surface area contributed by atoms with Gasteiger partial charge < -0.3 is 20.5 Å². The number of hydrogen-bond donors (Lipinski definition) is 3. The Bertz CT molecular complexity index is 679. The first kappa shape index (κ1) is 19.9. The molecule has 0 unspecified atom stereocenters. The Morgan fingerprint density at radius 1 is 1.08 bits per heavy atom. The quantitative estimate of drug-likeness (QED) is 0.680. The highest BCUT2D eigenvalue weighted by molar-refractivity contribution is 5.78. The molecule has 2 rings (SSSR count). The molecule has 0 saturated carbocycles. The van der Waals surface area contributed by atoms with Crippen LogP contribution in [0.5, 0.6) is 5.75 Å². The van der Waals surface area contributed by atoms with Gasteiger partial charge in [0, 0.05) is 18.6 Å². The lowest BCUT2D eigenvalue weighted by atomic mass is 10.1. The van der Waals surface area contributed by atoms with Crippen LogP contribution in [0.4, 0.5) is 0 Å². The van der Waals surface area contributed by atoms with Gasteiger partial charge in [0.05, 0.1) is 6.10 Å². The number of rotatable bonds is 8. The third-order valence-electron chi connectivity index (χ3n) is 3.66. The Labute approximate surface area is 155 Å². The molecule has 0 aliphatic carbocycles. The number of amides is 1. The van der Waals surface area contributed by atoms with E-state index in [0.29, 0.717) is 18.8 Å². The van der Waals surface area contributed by atoms with E-state index in [1.54, 1.807) is 0 Å². The normalized spacial score (nSPS) is 12.5. The first-order valence-corrected chi connectivity index (χ1v) is 8.80. The van der Waals surface area contributed by atoms with Crippen LogP contribution in [0.2, 0.25) is 0 Å². The van der Waals surface area contributed by atoms with Gasteiger partial charge in [-0.05, 0) is 44.0 Å². The lowest BCUT2D eigenvalue weighted by molar-refractivity contribution is -0.124. The molecular formula is C21H28N2O3. The van der Waals surface area contributed by atoms with Crippen molar-refractivity contribution in [1.29, 1.82) is 0 Å². The Morgan fingerprint density at radius 3 is 2.35 bits per heavy atom. The van der Waals surface area contributed by atoms with E-state index in [0.717, 1.165) is 11.1 Å². The molecule has 0 radical (unpaired) electrons. The van der Waals surface area contributed by atoms with Crippen LogP contribution in [0.15, 0.2) is 54.6 Å². The molecule has 0 bridgehead atoms. The maximum atomic E-state index is 11.8. The fourth-order valence-electron chi connectivity index (χ4n) is 2.45. The van der Waals surface area contributed by atoms with Crippen molar-refractivity contribution in [3.63, 3.8) is 0 Å². The van der Waals surface area contributed by atoms with E-state index in [9.17, 15) is 9.90 Å². The van der Waals surface area contributed by atoms with Crippen LogP contribution in [0, 0.1) is 0 Å². The van der Waals surface area contributed by atoms with Crippen molar-refractivity contribution < 1.29 is 14.6 Å². The van der Waals surface area contributed by atoms with Crippen LogP contribution in [0.3, 0.4) is 0 Å². The molecule has 5 heteroatoms. The maximum absolute atomic E-state index is 11.8. The summed E-state index contributed by atoms with van der Waals surface area (Å²) in [6.45, 7) is 6.92. The van der Waals surface area contributed by atoms with Crippen molar-refractivity contribution in [2.75, 3.05) is 13.2 Å². The number of aliphatic hydroxyl groups excluding tert-OH is 1. The standard InChI is InChI=1S/C21H28N2O3/c1-21(2,3)23-20(25)15-26-18-11-9-16(10-12-18)13-22-14-19(24)17-7-5-4-6-8-17/h4-12,19,22,24H,13-15H2,1-3H3,(H,23,25)/t19-/m1/s1. The van der Waals surface area contributed by atoms with Crippen molar-refractivity contribution in [2.24, 2.45) is 0 Å². The second-order valence-corrected chi connectivity index (χ2v) is 7.29. The van der Waals surface area contributed by atoms with Gasteiger partial charge >= 0.3 is 0 Å². The molecule has 1 atom stereocenters. The van der Waals surface area contributed by atoms with E-state index in [4.69, 9.17) is 4.74 Å². The summed E-state index contributed by atoms with van der Waals surface area (Å²) < 4.78 is 5.50. The van der Waals surface area contributed by atoms with Crippen LogP contribution in [0.25, 0.3) is 0 Å². The molecule has 0 saturated heterocycles. The predicted octanol–water partition coefficient (Wildman–Crippen LogP) is 2.80. The summed E-state index contributed by atoms with van der Waals surface area (Å²) in [4.78, 5) is 11.8. The van der Waals surface area contributed by atoms with Crippen LogP contribution >= 0.6 is 0 Å². The highest BCUT2D eigenvalue weighted by atomic mass is 16.5. The molecule has 2 aromatic carbocycles. The minimum Gasteiger partial charge on any atom is -0.484 e. The van der Waals surface area contributed by atoms with E-state index in [1.807, 2.05) is 75.4 Å². The summed E-state index contributed by atoms with van der Waals surface area (Å²) in [5, 5.41) is 16.2. The van der Waals surface area contributed by atoms with Gasteiger partial charge in [-0.25, -0.2) is 0 Å². The molecule has 26 heavy (non-hydrogen) atoms. The van der Waals surface area contributed by atoms with Crippen molar-refractivity contribution >= 4 is 5.91 Å². The highest BCUT2D eigenvalue weighted by Gasteiger charge is 2.13. The molecule has 2 aromatic rings. The van der Waals surface area contributed by atoms with E-state index in [1.165, 1.54) is 0 Å². The zero-order chi connectivity index (χ0) is 19.0. The minimum absolute atomic E-state index is 0.00185. The average molecular weight is 356 g/mol. The number of carbonyl (C=O) groups is 1. The number of ether oxygens (including phenoxy) is 1. The Hall–Kier alpha value is -2.37. The summed E-state index contributed by atoms with van der Waals surface area (Å²) in [5.41, 5.74) is 1.72. The van der Waals surface area contributed by atoms with Gasteiger partial charge in [0.1, 0.15) is 5.75 Å². The second-order valence-electron chi connectivity index (χ2n) is 7.29.